The zero-order chi connectivity index (χ0) is 54.3. The molecule has 0 radical (unpaired) electrons. The third kappa shape index (κ3) is 8.13. The number of benzene rings is 10. The molecule has 2 saturated carbocycles. The van der Waals surface area contributed by atoms with E-state index in [0.29, 0.717) is 11.8 Å². The van der Waals surface area contributed by atoms with Gasteiger partial charge in [0.1, 0.15) is 11.2 Å². The smallest absolute Gasteiger partial charge is 0.159 e. The quantitative estimate of drug-likeness (QED) is 0.102. The maximum Gasteiger partial charge on any atom is 0.159 e. The average Bonchev–Trinajstić information content (AvgIpc) is 4.24. The fourth-order valence-electron chi connectivity index (χ4n) is 14.8. The van der Waals surface area contributed by atoms with Gasteiger partial charge < -0.3 is 18.6 Å². The third-order valence-corrected chi connectivity index (χ3v) is 20.5. The van der Waals surface area contributed by atoms with Crippen LogP contribution >= 0.6 is 0 Å². The van der Waals surface area contributed by atoms with Crippen LogP contribution in [-0.4, -0.2) is 0 Å². The molecule has 12 aromatic rings. The molecule has 2 aromatic heterocycles. The minimum Gasteiger partial charge on any atom is -0.454 e. The number of nitrogens with zero attached hydrogens (tertiary/aromatic N) is 2. The van der Waals surface area contributed by atoms with E-state index in [9.17, 15) is 0 Å². The van der Waals surface area contributed by atoms with Crippen molar-refractivity contribution in [2.45, 2.75) is 154 Å². The molecule has 4 nitrogen and oxygen atoms in total. The summed E-state index contributed by atoms with van der Waals surface area (Å²) in [6.45, 7) is 14.0. The summed E-state index contributed by atoms with van der Waals surface area (Å²) in [6.07, 6.45) is 17.2. The minimum absolute atomic E-state index is 0.00534. The second kappa shape index (κ2) is 20.2. The van der Waals surface area contributed by atoms with Gasteiger partial charge in [0.05, 0.1) is 22.7 Å². The molecule has 2 aliphatic carbocycles. The second-order valence-corrected chi connectivity index (χ2v) is 24.5. The lowest BCUT2D eigenvalue weighted by Crippen LogP contribution is -2.19. The van der Waals surface area contributed by atoms with Crippen molar-refractivity contribution < 1.29 is 8.83 Å². The Morgan fingerprint density at radius 1 is 0.350 bits per heavy atom. The molecule has 4 heteroatoms. The first kappa shape index (κ1) is 50.6. The standard InChI is InChI=1S/C76H76N2O2/c1-7-75(5,8-2)63-29-17-25-57-59-27-19-31-67(73(59)79-71(57)63)77(55-41-33-51(34-42-55)49-21-13-11-14-22-49)65-47-39-53-38-46-62-66(48-40-54-37-45-61(65)69(53)70(54)62)78(56-43-35-52(36-44-56)50-23-15-12-16-24-50)68-32-20-28-60-58-26-18-30-64(72(58)80-74(60)68)76(6,9-3)10-4/h17-20,25-50H,7-16,21-24H2,1-6H3. The normalized spacial score (nSPS) is 15.2. The maximum atomic E-state index is 7.33. The number of para-hydroxylation sites is 4. The largest absolute Gasteiger partial charge is 0.454 e. The van der Waals surface area contributed by atoms with Crippen LogP contribution in [0.4, 0.5) is 34.1 Å². The van der Waals surface area contributed by atoms with Crippen LogP contribution in [0.2, 0.25) is 0 Å². The fourth-order valence-corrected chi connectivity index (χ4v) is 14.8. The van der Waals surface area contributed by atoms with Crippen molar-refractivity contribution in [3.05, 3.63) is 192 Å². The molecule has 0 amide bonds. The van der Waals surface area contributed by atoms with Crippen LogP contribution in [0.1, 0.15) is 166 Å². The predicted molar refractivity (Wildman–Crippen MR) is 342 cm³/mol. The Morgan fingerprint density at radius 2 is 0.700 bits per heavy atom. The molecule has 2 heterocycles. The van der Waals surface area contributed by atoms with E-state index < -0.39 is 0 Å². The number of anilines is 6. The molecule has 0 aliphatic heterocycles. The second-order valence-electron chi connectivity index (χ2n) is 24.5. The summed E-state index contributed by atoms with van der Waals surface area (Å²) >= 11 is 0. The first-order valence-corrected chi connectivity index (χ1v) is 30.6. The fraction of sp³-hybridized carbons (Fsp3) is 0.316. The van der Waals surface area contributed by atoms with E-state index in [1.165, 1.54) is 130 Å². The first-order valence-electron chi connectivity index (χ1n) is 30.6. The van der Waals surface area contributed by atoms with Gasteiger partial charge >= 0.3 is 0 Å². The van der Waals surface area contributed by atoms with Crippen LogP contribution < -0.4 is 9.80 Å². The van der Waals surface area contributed by atoms with E-state index >= 15 is 0 Å². The van der Waals surface area contributed by atoms with Crippen molar-refractivity contribution in [3.63, 3.8) is 0 Å². The molecular formula is C76H76N2O2. The highest BCUT2D eigenvalue weighted by Crippen LogP contribution is 2.52. The summed E-state index contributed by atoms with van der Waals surface area (Å²) in [5, 5.41) is 12.0. The van der Waals surface area contributed by atoms with Crippen LogP contribution in [0.15, 0.2) is 179 Å². The van der Waals surface area contributed by atoms with Gasteiger partial charge in [0.2, 0.25) is 0 Å². The Hall–Kier alpha value is -7.56. The minimum atomic E-state index is -0.00534. The van der Waals surface area contributed by atoms with Crippen molar-refractivity contribution in [3.8, 4) is 0 Å². The molecule has 0 spiro atoms. The number of hydrogen-bond donors (Lipinski definition) is 0. The molecule has 0 atom stereocenters. The summed E-state index contributed by atoms with van der Waals surface area (Å²) < 4.78 is 14.7. The van der Waals surface area contributed by atoms with Gasteiger partial charge in [-0.25, -0.2) is 0 Å². The summed E-state index contributed by atoms with van der Waals surface area (Å²) in [5.41, 5.74) is 15.9. The molecule has 10 aromatic carbocycles. The highest BCUT2D eigenvalue weighted by molar-refractivity contribution is 6.29. The Labute approximate surface area is 472 Å². The molecule has 0 N–H and O–H groups in total. The average molecular weight is 1050 g/mol. The molecule has 80 heavy (non-hydrogen) atoms. The molecule has 402 valence electrons. The van der Waals surface area contributed by atoms with Crippen molar-refractivity contribution in [1.29, 1.82) is 0 Å². The summed E-state index contributed by atoms with van der Waals surface area (Å²) in [7, 11) is 0. The number of furan rings is 2. The number of rotatable bonds is 14. The van der Waals surface area contributed by atoms with Gasteiger partial charge in [0, 0.05) is 54.8 Å². The van der Waals surface area contributed by atoms with Crippen LogP contribution in [-0.2, 0) is 10.8 Å². The molecule has 2 aliphatic rings. The Balaban J connectivity index is 0.993. The molecular weight excluding hydrogens is 973 g/mol. The maximum absolute atomic E-state index is 7.33. The van der Waals surface area contributed by atoms with Gasteiger partial charge in [-0.15, -0.1) is 0 Å². The van der Waals surface area contributed by atoms with Crippen LogP contribution in [0.5, 0.6) is 0 Å². The third-order valence-electron chi connectivity index (χ3n) is 20.5. The highest BCUT2D eigenvalue weighted by Gasteiger charge is 2.32. The van der Waals surface area contributed by atoms with Gasteiger partial charge in [0.15, 0.2) is 11.2 Å². The Bertz CT molecular complexity index is 3960. The first-order chi connectivity index (χ1) is 39.2. The molecule has 0 saturated heterocycles. The van der Waals surface area contributed by atoms with E-state index in [-0.39, 0.29) is 10.8 Å². The lowest BCUT2D eigenvalue weighted by Gasteiger charge is -2.30. The van der Waals surface area contributed by atoms with Crippen molar-refractivity contribution in [2.24, 2.45) is 0 Å². The van der Waals surface area contributed by atoms with Gasteiger partial charge in [-0.2, -0.15) is 0 Å². The van der Waals surface area contributed by atoms with Gasteiger partial charge in [0.25, 0.3) is 0 Å². The Morgan fingerprint density at radius 3 is 1.07 bits per heavy atom. The van der Waals surface area contributed by atoms with Crippen LogP contribution in [0, 0.1) is 0 Å². The summed E-state index contributed by atoms with van der Waals surface area (Å²) in [6, 6.07) is 65.1. The van der Waals surface area contributed by atoms with Crippen molar-refractivity contribution in [2.75, 3.05) is 9.80 Å². The van der Waals surface area contributed by atoms with Gasteiger partial charge in [-0.1, -0.05) is 201 Å². The predicted octanol–water partition coefficient (Wildman–Crippen LogP) is 23.6. The zero-order valence-corrected chi connectivity index (χ0v) is 47.9. The van der Waals surface area contributed by atoms with Crippen LogP contribution in [0.25, 0.3) is 76.2 Å². The number of fused-ring (bicyclic) bond motifs is 6. The molecule has 0 unspecified atom stereocenters. The van der Waals surface area contributed by atoms with Crippen molar-refractivity contribution in [1.82, 2.24) is 0 Å². The Kier molecular flexibility index (Phi) is 12.8. The van der Waals surface area contributed by atoms with Gasteiger partial charge in [-0.3, -0.25) is 0 Å². The molecule has 0 bridgehead atoms. The lowest BCUT2D eigenvalue weighted by atomic mass is 9.77. The summed E-state index contributed by atoms with van der Waals surface area (Å²) in [5.74, 6) is 1.23. The van der Waals surface area contributed by atoms with Gasteiger partial charge in [-0.05, 0) is 155 Å². The molecule has 14 rings (SSSR count). The van der Waals surface area contributed by atoms with E-state index in [1.54, 1.807) is 0 Å². The van der Waals surface area contributed by atoms with Crippen LogP contribution in [0.3, 0.4) is 0 Å². The van der Waals surface area contributed by atoms with Crippen molar-refractivity contribution >= 4 is 110 Å². The SMILES string of the molecule is CCC(C)(CC)c1cccc2c1oc1c(N(c3ccc(C4CCCCC4)cc3)c3ccc4ccc5c(N(c6ccc(C7CCCCC7)cc6)c6cccc7c6oc6c(C(C)(CC)CC)cccc67)ccc6ccc3c4c65)cccc12. The highest BCUT2D eigenvalue weighted by atomic mass is 16.3. The topological polar surface area (TPSA) is 32.8 Å². The lowest BCUT2D eigenvalue weighted by molar-refractivity contribution is 0.436. The van der Waals surface area contributed by atoms with E-state index in [2.05, 4.69) is 221 Å². The monoisotopic (exact) mass is 1050 g/mol. The number of hydrogen-bond acceptors (Lipinski definition) is 4. The van der Waals surface area contributed by atoms with E-state index in [1.807, 2.05) is 0 Å². The summed E-state index contributed by atoms with van der Waals surface area (Å²) in [4.78, 5) is 5.00. The zero-order valence-electron chi connectivity index (χ0n) is 47.9. The molecule has 2 fully saturated rings. The van der Waals surface area contributed by atoms with E-state index in [0.717, 1.165) is 92.9 Å². The van der Waals surface area contributed by atoms with E-state index in [4.69, 9.17) is 8.83 Å².